The lowest BCUT2D eigenvalue weighted by molar-refractivity contribution is 1.16. The van der Waals surface area contributed by atoms with E-state index < -0.39 is 0 Å². The summed E-state index contributed by atoms with van der Waals surface area (Å²) < 4.78 is 1.85. The summed E-state index contributed by atoms with van der Waals surface area (Å²) in [6, 6.07) is 7.80. The first-order valence-electron chi connectivity index (χ1n) is 4.11. The van der Waals surface area contributed by atoms with Gasteiger partial charge in [-0.05, 0) is 34.7 Å². The average Bonchev–Trinajstić information content (AvgIpc) is 2.22. The Hall–Kier alpha value is -0.200. The second-order valence-electron chi connectivity index (χ2n) is 2.84. The zero-order chi connectivity index (χ0) is 10.8. The molecular formula is C10H5BrClIN2. The van der Waals surface area contributed by atoms with Crippen LogP contribution in [0.3, 0.4) is 0 Å². The van der Waals surface area contributed by atoms with E-state index in [1.165, 1.54) is 0 Å². The van der Waals surface area contributed by atoms with Crippen LogP contribution in [0, 0.1) is 3.57 Å². The quantitative estimate of drug-likeness (QED) is 0.535. The highest BCUT2D eigenvalue weighted by molar-refractivity contribution is 14.1. The van der Waals surface area contributed by atoms with Gasteiger partial charge in [0.05, 0.1) is 3.57 Å². The van der Waals surface area contributed by atoms with E-state index in [4.69, 9.17) is 11.6 Å². The molecule has 0 radical (unpaired) electrons. The summed E-state index contributed by atoms with van der Waals surface area (Å²) in [6.07, 6.45) is 1.71. The molecule has 0 aliphatic carbocycles. The van der Waals surface area contributed by atoms with Gasteiger partial charge < -0.3 is 0 Å². The highest BCUT2D eigenvalue weighted by Gasteiger charge is 2.04. The van der Waals surface area contributed by atoms with Crippen molar-refractivity contribution >= 4 is 50.1 Å². The Morgan fingerprint density at radius 2 is 2.13 bits per heavy atom. The van der Waals surface area contributed by atoms with Gasteiger partial charge in [-0.1, -0.05) is 39.7 Å². The van der Waals surface area contributed by atoms with Crippen molar-refractivity contribution in [1.29, 1.82) is 0 Å². The minimum absolute atomic E-state index is 0.487. The number of benzene rings is 1. The molecule has 0 aliphatic rings. The van der Waals surface area contributed by atoms with Gasteiger partial charge in [-0.25, -0.2) is 9.97 Å². The van der Waals surface area contributed by atoms with Crippen molar-refractivity contribution < 1.29 is 0 Å². The van der Waals surface area contributed by atoms with Crippen LogP contribution in [0.15, 0.2) is 34.9 Å². The first-order chi connectivity index (χ1) is 7.16. The Labute approximate surface area is 114 Å². The summed E-state index contributed by atoms with van der Waals surface area (Å²) >= 11 is 11.4. The smallest absolute Gasteiger partial charge is 0.160 e. The van der Waals surface area contributed by atoms with E-state index >= 15 is 0 Å². The summed E-state index contributed by atoms with van der Waals surface area (Å²) in [5.74, 6) is 0.640. The van der Waals surface area contributed by atoms with E-state index in [9.17, 15) is 0 Å². The van der Waals surface area contributed by atoms with Crippen molar-refractivity contribution in [2.24, 2.45) is 0 Å². The van der Waals surface area contributed by atoms with Gasteiger partial charge in [0.25, 0.3) is 0 Å². The van der Waals surface area contributed by atoms with E-state index in [1.807, 2.05) is 24.3 Å². The van der Waals surface area contributed by atoms with Gasteiger partial charge in [0, 0.05) is 16.2 Å². The summed E-state index contributed by atoms with van der Waals surface area (Å²) in [6.45, 7) is 0. The lowest BCUT2D eigenvalue weighted by Gasteiger charge is -2.01. The Morgan fingerprint density at radius 3 is 2.80 bits per heavy atom. The van der Waals surface area contributed by atoms with Gasteiger partial charge in [-0.3, -0.25) is 0 Å². The Bertz CT molecular complexity index is 505. The fourth-order valence-electron chi connectivity index (χ4n) is 1.11. The maximum absolute atomic E-state index is 5.93. The minimum atomic E-state index is 0.487. The normalized spacial score (nSPS) is 10.3. The summed E-state index contributed by atoms with van der Waals surface area (Å²) in [5.41, 5.74) is 0.947. The predicted octanol–water partition coefficient (Wildman–Crippen LogP) is 4.16. The molecule has 1 aromatic carbocycles. The van der Waals surface area contributed by atoms with Crippen LogP contribution in [0.5, 0.6) is 0 Å². The molecule has 2 aromatic rings. The third kappa shape index (κ3) is 2.68. The maximum atomic E-state index is 5.93. The first-order valence-corrected chi connectivity index (χ1v) is 6.36. The molecule has 0 aliphatic heterocycles. The van der Waals surface area contributed by atoms with Gasteiger partial charge in [0.1, 0.15) is 5.15 Å². The van der Waals surface area contributed by atoms with Crippen molar-refractivity contribution in [3.8, 4) is 11.4 Å². The molecule has 0 amide bonds. The Kier molecular flexibility index (Phi) is 3.58. The zero-order valence-corrected chi connectivity index (χ0v) is 11.9. The molecule has 15 heavy (non-hydrogen) atoms. The highest BCUT2D eigenvalue weighted by atomic mass is 127. The third-order valence-electron chi connectivity index (χ3n) is 1.78. The average molecular weight is 395 g/mol. The van der Waals surface area contributed by atoms with Gasteiger partial charge in [0.2, 0.25) is 0 Å². The minimum Gasteiger partial charge on any atom is -0.235 e. The SMILES string of the molecule is Clc1nc(-c2cccc(Br)c2)ncc1I. The van der Waals surface area contributed by atoms with E-state index in [-0.39, 0.29) is 0 Å². The van der Waals surface area contributed by atoms with Crippen LogP contribution in [0.4, 0.5) is 0 Å². The summed E-state index contributed by atoms with van der Waals surface area (Å²) in [4.78, 5) is 8.44. The molecule has 2 nitrogen and oxygen atoms in total. The van der Waals surface area contributed by atoms with Gasteiger partial charge in [-0.15, -0.1) is 0 Å². The molecule has 1 aromatic heterocycles. The van der Waals surface area contributed by atoms with E-state index in [2.05, 4.69) is 48.5 Å². The van der Waals surface area contributed by atoms with Crippen LogP contribution in [0.1, 0.15) is 0 Å². The number of hydrogen-bond donors (Lipinski definition) is 0. The summed E-state index contributed by atoms with van der Waals surface area (Å²) in [5, 5.41) is 0.487. The fourth-order valence-corrected chi connectivity index (χ4v) is 1.90. The first kappa shape index (κ1) is 11.3. The largest absolute Gasteiger partial charge is 0.235 e. The van der Waals surface area contributed by atoms with Crippen LogP contribution in [0.25, 0.3) is 11.4 Å². The molecule has 0 fully saturated rings. The predicted molar refractivity (Wildman–Crippen MR) is 72.9 cm³/mol. The highest BCUT2D eigenvalue weighted by Crippen LogP contribution is 2.22. The van der Waals surface area contributed by atoms with Gasteiger partial charge >= 0.3 is 0 Å². The molecule has 1 heterocycles. The van der Waals surface area contributed by atoms with Crippen LogP contribution in [-0.4, -0.2) is 9.97 Å². The van der Waals surface area contributed by atoms with E-state index in [0.29, 0.717) is 11.0 Å². The monoisotopic (exact) mass is 394 g/mol. The van der Waals surface area contributed by atoms with Crippen molar-refractivity contribution in [3.63, 3.8) is 0 Å². The van der Waals surface area contributed by atoms with Crippen LogP contribution >= 0.6 is 50.1 Å². The molecule has 5 heteroatoms. The molecule has 76 valence electrons. The number of halogens is 3. The molecule has 0 bridgehead atoms. The van der Waals surface area contributed by atoms with Gasteiger partial charge in [-0.2, -0.15) is 0 Å². The Morgan fingerprint density at radius 1 is 1.33 bits per heavy atom. The second-order valence-corrected chi connectivity index (χ2v) is 5.28. The van der Waals surface area contributed by atoms with Crippen LogP contribution in [-0.2, 0) is 0 Å². The standard InChI is InChI=1S/C10H5BrClIN2/c11-7-3-1-2-6(4-7)10-14-5-8(13)9(12)15-10/h1-5H. The van der Waals surface area contributed by atoms with E-state index in [1.54, 1.807) is 6.20 Å². The summed E-state index contributed by atoms with van der Waals surface area (Å²) in [7, 11) is 0. The lowest BCUT2D eigenvalue weighted by atomic mass is 10.2. The van der Waals surface area contributed by atoms with Gasteiger partial charge in [0.15, 0.2) is 5.82 Å². The maximum Gasteiger partial charge on any atom is 0.160 e. The Balaban J connectivity index is 2.50. The fraction of sp³-hybridized carbons (Fsp3) is 0. The van der Waals surface area contributed by atoms with Crippen LogP contribution in [0.2, 0.25) is 5.15 Å². The lowest BCUT2D eigenvalue weighted by Crippen LogP contribution is -1.91. The van der Waals surface area contributed by atoms with Crippen molar-refractivity contribution in [1.82, 2.24) is 9.97 Å². The topological polar surface area (TPSA) is 25.8 Å². The number of nitrogens with zero attached hydrogens (tertiary/aromatic N) is 2. The molecule has 0 spiro atoms. The van der Waals surface area contributed by atoms with Crippen molar-refractivity contribution in [2.75, 3.05) is 0 Å². The number of rotatable bonds is 1. The molecular weight excluding hydrogens is 390 g/mol. The molecule has 0 saturated carbocycles. The van der Waals surface area contributed by atoms with Crippen molar-refractivity contribution in [3.05, 3.63) is 43.7 Å². The van der Waals surface area contributed by atoms with Crippen LogP contribution < -0.4 is 0 Å². The molecule has 0 unspecified atom stereocenters. The zero-order valence-electron chi connectivity index (χ0n) is 7.42. The second kappa shape index (κ2) is 4.76. The molecule has 0 saturated heterocycles. The molecule has 0 N–H and O–H groups in total. The number of aromatic nitrogens is 2. The third-order valence-corrected chi connectivity index (χ3v) is 3.67. The number of hydrogen-bond acceptors (Lipinski definition) is 2. The van der Waals surface area contributed by atoms with E-state index in [0.717, 1.165) is 13.6 Å². The van der Waals surface area contributed by atoms with Crippen molar-refractivity contribution in [2.45, 2.75) is 0 Å². The molecule has 0 atom stereocenters. The molecule has 2 rings (SSSR count).